The summed E-state index contributed by atoms with van der Waals surface area (Å²) in [7, 11) is 2.90. The molecule has 0 rings (SSSR count). The molecule has 2 heteroatoms. The first-order valence-corrected chi connectivity index (χ1v) is 2.57. The van der Waals surface area contributed by atoms with Crippen molar-refractivity contribution in [3.05, 3.63) is 11.3 Å². The Labute approximate surface area is 47.9 Å². The lowest BCUT2D eigenvalue weighted by Gasteiger charge is -1.98. The molecule has 0 aromatic carbocycles. The summed E-state index contributed by atoms with van der Waals surface area (Å²) in [6, 6.07) is 0. The fraction of sp³-hybridized carbons (Fsp3) is 0.600. The molecule has 0 aromatic rings. The van der Waals surface area contributed by atoms with Crippen LogP contribution in [0.2, 0.25) is 0 Å². The first kappa shape index (κ1) is 6.76. The van der Waals surface area contributed by atoms with Gasteiger partial charge in [-0.1, -0.05) is 0 Å². The van der Waals surface area contributed by atoms with Gasteiger partial charge < -0.3 is 4.43 Å². The first-order chi connectivity index (χ1) is 3.18. The molecule has 0 amide bonds. The Balaban J connectivity index is 3.72. The SMILES string of the molecule is CC(C)=C(C)O[Si]. The van der Waals surface area contributed by atoms with Gasteiger partial charge in [-0.15, -0.1) is 0 Å². The van der Waals surface area contributed by atoms with Crippen molar-refractivity contribution < 1.29 is 4.43 Å². The largest absolute Gasteiger partial charge is 0.544 e. The van der Waals surface area contributed by atoms with Crippen LogP contribution in [0.1, 0.15) is 20.8 Å². The molecule has 0 heterocycles. The molecule has 0 aliphatic rings. The van der Waals surface area contributed by atoms with E-state index in [0.29, 0.717) is 0 Å². The second kappa shape index (κ2) is 2.85. The summed E-state index contributed by atoms with van der Waals surface area (Å²) < 4.78 is 4.70. The van der Waals surface area contributed by atoms with Crippen molar-refractivity contribution >= 4 is 10.5 Å². The minimum atomic E-state index is 0.927. The zero-order chi connectivity index (χ0) is 5.86. The fourth-order valence-electron chi connectivity index (χ4n) is 0.102. The molecule has 0 bridgehead atoms. The van der Waals surface area contributed by atoms with Gasteiger partial charge in [0.1, 0.15) is 0 Å². The number of allylic oxidation sites excluding steroid dienone is 2. The van der Waals surface area contributed by atoms with Crippen LogP contribution in [-0.2, 0) is 4.43 Å². The van der Waals surface area contributed by atoms with Crippen molar-refractivity contribution in [1.29, 1.82) is 0 Å². The third kappa shape index (κ3) is 2.45. The van der Waals surface area contributed by atoms with Crippen LogP contribution < -0.4 is 0 Å². The van der Waals surface area contributed by atoms with Gasteiger partial charge in [0.25, 0.3) is 0 Å². The topological polar surface area (TPSA) is 9.23 Å². The highest BCUT2D eigenvalue weighted by Gasteiger charge is 1.83. The van der Waals surface area contributed by atoms with Crippen molar-refractivity contribution in [3.63, 3.8) is 0 Å². The average Bonchev–Trinajstić information content (AvgIpc) is 1.65. The van der Waals surface area contributed by atoms with Crippen molar-refractivity contribution in [2.75, 3.05) is 0 Å². The Morgan fingerprint density at radius 3 is 1.71 bits per heavy atom. The van der Waals surface area contributed by atoms with Crippen LogP contribution >= 0.6 is 0 Å². The fourth-order valence-corrected chi connectivity index (χ4v) is 0.306. The van der Waals surface area contributed by atoms with Crippen LogP contribution in [0, 0.1) is 0 Å². The highest BCUT2D eigenvalue weighted by Crippen LogP contribution is 1.99. The highest BCUT2D eigenvalue weighted by atomic mass is 28.2. The Morgan fingerprint density at radius 1 is 1.29 bits per heavy atom. The van der Waals surface area contributed by atoms with Gasteiger partial charge >= 0.3 is 10.5 Å². The average molecular weight is 113 g/mol. The standard InChI is InChI=1S/C5H9OSi/c1-4(2)5(3)6-7/h1-3H3. The summed E-state index contributed by atoms with van der Waals surface area (Å²) in [6.45, 7) is 5.90. The van der Waals surface area contributed by atoms with Gasteiger partial charge in [0.2, 0.25) is 0 Å². The molecule has 0 aliphatic heterocycles. The van der Waals surface area contributed by atoms with Gasteiger partial charge in [0.05, 0.1) is 5.76 Å². The maximum atomic E-state index is 4.70. The Morgan fingerprint density at radius 2 is 1.71 bits per heavy atom. The highest BCUT2D eigenvalue weighted by molar-refractivity contribution is 5.98. The smallest absolute Gasteiger partial charge is 0.340 e. The van der Waals surface area contributed by atoms with Crippen LogP contribution in [0.15, 0.2) is 11.3 Å². The van der Waals surface area contributed by atoms with Crippen LogP contribution in [0.25, 0.3) is 0 Å². The third-order valence-electron chi connectivity index (χ3n) is 0.857. The molecule has 39 valence electrons. The van der Waals surface area contributed by atoms with E-state index in [1.807, 2.05) is 20.8 Å². The molecule has 0 unspecified atom stereocenters. The summed E-state index contributed by atoms with van der Waals surface area (Å²) >= 11 is 0. The molecule has 0 saturated carbocycles. The molecule has 3 radical (unpaired) electrons. The molecule has 1 nitrogen and oxygen atoms in total. The van der Waals surface area contributed by atoms with E-state index in [1.54, 1.807) is 0 Å². The minimum absolute atomic E-state index is 0.927. The van der Waals surface area contributed by atoms with E-state index in [2.05, 4.69) is 10.5 Å². The predicted octanol–water partition coefficient (Wildman–Crippen LogP) is 1.40. The summed E-state index contributed by atoms with van der Waals surface area (Å²) in [6.07, 6.45) is 0. The van der Waals surface area contributed by atoms with E-state index in [1.165, 1.54) is 5.57 Å². The zero-order valence-corrected chi connectivity index (χ0v) is 5.91. The lowest BCUT2D eigenvalue weighted by Crippen LogP contribution is -1.82. The van der Waals surface area contributed by atoms with E-state index in [4.69, 9.17) is 4.43 Å². The second-order valence-corrected chi connectivity index (χ2v) is 1.86. The van der Waals surface area contributed by atoms with E-state index >= 15 is 0 Å². The molecule has 0 spiro atoms. The number of hydrogen-bond donors (Lipinski definition) is 0. The molecular formula is C5H9OSi. The van der Waals surface area contributed by atoms with Crippen molar-refractivity contribution in [2.45, 2.75) is 20.8 Å². The minimum Gasteiger partial charge on any atom is -0.544 e. The maximum Gasteiger partial charge on any atom is 0.340 e. The maximum absolute atomic E-state index is 4.70. The van der Waals surface area contributed by atoms with Crippen LogP contribution in [0.5, 0.6) is 0 Å². The second-order valence-electron chi connectivity index (χ2n) is 1.66. The lowest BCUT2D eigenvalue weighted by molar-refractivity contribution is 0.465. The van der Waals surface area contributed by atoms with Crippen molar-refractivity contribution in [2.24, 2.45) is 0 Å². The Hall–Kier alpha value is -0.243. The molecule has 0 saturated heterocycles. The number of rotatable bonds is 1. The number of hydrogen-bond acceptors (Lipinski definition) is 1. The predicted molar refractivity (Wildman–Crippen MR) is 30.9 cm³/mol. The van der Waals surface area contributed by atoms with Crippen LogP contribution in [0.4, 0.5) is 0 Å². The van der Waals surface area contributed by atoms with Gasteiger partial charge in [-0.05, 0) is 26.3 Å². The summed E-state index contributed by atoms with van der Waals surface area (Å²) in [5.74, 6) is 0.927. The summed E-state index contributed by atoms with van der Waals surface area (Å²) in [4.78, 5) is 0. The monoisotopic (exact) mass is 113 g/mol. The molecule has 0 aliphatic carbocycles. The Kier molecular flexibility index (Phi) is 2.75. The molecule has 0 aromatic heterocycles. The third-order valence-corrected chi connectivity index (χ3v) is 1.16. The quantitative estimate of drug-likeness (QED) is 0.369. The van der Waals surface area contributed by atoms with Gasteiger partial charge in [-0.25, -0.2) is 0 Å². The first-order valence-electron chi connectivity index (χ1n) is 2.16. The van der Waals surface area contributed by atoms with E-state index < -0.39 is 0 Å². The molecule has 0 fully saturated rings. The van der Waals surface area contributed by atoms with Crippen LogP contribution in [-0.4, -0.2) is 10.5 Å². The lowest BCUT2D eigenvalue weighted by atomic mass is 10.3. The van der Waals surface area contributed by atoms with E-state index in [-0.39, 0.29) is 0 Å². The van der Waals surface area contributed by atoms with Crippen molar-refractivity contribution in [1.82, 2.24) is 0 Å². The van der Waals surface area contributed by atoms with Crippen molar-refractivity contribution in [3.8, 4) is 0 Å². The zero-order valence-electron chi connectivity index (χ0n) is 4.91. The van der Waals surface area contributed by atoms with Gasteiger partial charge in [0.15, 0.2) is 0 Å². The summed E-state index contributed by atoms with van der Waals surface area (Å²) in [5.41, 5.74) is 1.19. The van der Waals surface area contributed by atoms with Gasteiger partial charge in [-0.2, -0.15) is 0 Å². The molecule has 0 atom stereocenters. The van der Waals surface area contributed by atoms with Gasteiger partial charge in [0, 0.05) is 0 Å². The van der Waals surface area contributed by atoms with Gasteiger partial charge in [-0.3, -0.25) is 0 Å². The van der Waals surface area contributed by atoms with E-state index in [9.17, 15) is 0 Å². The molecule has 7 heavy (non-hydrogen) atoms. The Bertz CT molecular complexity index is 82.1. The molecule has 0 N–H and O–H groups in total. The van der Waals surface area contributed by atoms with E-state index in [0.717, 1.165) is 5.76 Å². The normalized spacial score (nSPS) is 8.00. The summed E-state index contributed by atoms with van der Waals surface area (Å²) in [5, 5.41) is 0. The molecular weight excluding hydrogens is 104 g/mol. The van der Waals surface area contributed by atoms with Crippen LogP contribution in [0.3, 0.4) is 0 Å².